The van der Waals surface area contributed by atoms with Crippen LogP contribution in [0.25, 0.3) is 0 Å². The summed E-state index contributed by atoms with van der Waals surface area (Å²) in [6.07, 6.45) is 76.5. The molecule has 0 spiro atoms. The van der Waals surface area contributed by atoms with Gasteiger partial charge in [0.25, 0.3) is 0 Å². The van der Waals surface area contributed by atoms with Crippen molar-refractivity contribution in [1.29, 1.82) is 0 Å². The van der Waals surface area contributed by atoms with Crippen molar-refractivity contribution in [3.8, 4) is 0 Å². The highest BCUT2D eigenvalue weighted by molar-refractivity contribution is 7.96. The first-order valence-electron chi connectivity index (χ1n) is 30.9. The molecular formula is C62H122O2S2. The molecule has 0 N–H and O–H groups in total. The molecule has 0 saturated carbocycles. The lowest BCUT2D eigenvalue weighted by atomic mass is 9.91. The highest BCUT2D eigenvalue weighted by atomic mass is 32.1. The zero-order valence-corrected chi connectivity index (χ0v) is 47.3. The molecule has 0 aromatic carbocycles. The summed E-state index contributed by atoms with van der Waals surface area (Å²) >= 11 is 8.32. The molecule has 0 aromatic rings. The van der Waals surface area contributed by atoms with E-state index in [1.807, 2.05) is 0 Å². The van der Waals surface area contributed by atoms with E-state index in [0.717, 1.165) is 0 Å². The minimum Gasteiger partial charge on any atom is -0.287 e. The number of hydrogen-bond acceptors (Lipinski definition) is 2. The monoisotopic (exact) mass is 963 g/mol. The summed E-state index contributed by atoms with van der Waals surface area (Å²) in [5.41, 5.74) is 0. The van der Waals surface area contributed by atoms with Crippen LogP contribution in [0, 0.1) is 11.8 Å². The Morgan fingerprint density at radius 2 is 0.348 bits per heavy atom. The number of hydrogen-bond donors (Lipinski definition) is 2. The van der Waals surface area contributed by atoms with Crippen molar-refractivity contribution in [2.75, 3.05) is 0 Å². The maximum atomic E-state index is 11.9. The summed E-state index contributed by atoms with van der Waals surface area (Å²) in [7, 11) is 0. The Labute approximate surface area is 428 Å². The van der Waals surface area contributed by atoms with Crippen LogP contribution in [-0.2, 0) is 9.59 Å². The third-order valence-electron chi connectivity index (χ3n) is 15.3. The lowest BCUT2D eigenvalue weighted by Gasteiger charge is -2.16. The van der Waals surface area contributed by atoms with Crippen molar-refractivity contribution in [3.05, 3.63) is 0 Å². The van der Waals surface area contributed by atoms with E-state index in [1.54, 1.807) is 0 Å². The molecular weight excluding hydrogens is 841 g/mol. The van der Waals surface area contributed by atoms with Gasteiger partial charge in [0.15, 0.2) is 10.2 Å². The molecule has 4 heteroatoms. The molecule has 0 bridgehead atoms. The average Bonchev–Trinajstić information content (AvgIpc) is 3.30. The van der Waals surface area contributed by atoms with Gasteiger partial charge in [0.2, 0.25) is 0 Å². The van der Waals surface area contributed by atoms with E-state index < -0.39 is 0 Å². The van der Waals surface area contributed by atoms with Crippen molar-refractivity contribution >= 4 is 35.5 Å². The van der Waals surface area contributed by atoms with Gasteiger partial charge in [0.05, 0.1) is 0 Å². The van der Waals surface area contributed by atoms with E-state index in [9.17, 15) is 9.59 Å². The Kier molecular flexibility index (Phi) is 57.7. The molecule has 2 unspecified atom stereocenters. The first-order valence-corrected chi connectivity index (χ1v) is 31.8. The van der Waals surface area contributed by atoms with E-state index >= 15 is 0 Å². The van der Waals surface area contributed by atoms with Crippen LogP contribution in [0.1, 0.15) is 373 Å². The van der Waals surface area contributed by atoms with Gasteiger partial charge in [0, 0.05) is 12.8 Å². The quantitative estimate of drug-likeness (QED) is 0.0470. The standard InChI is InChI=1S/C62H122O2S2/c1-3-5-7-9-11-13-15-17-19-21-23-25-27-29-31-33-35-37-39-41-45-49-53-59(57-61(63)65)55-51-47-43-44-48-52-56-60(58-62(64)66)54-50-46-42-40-38-36-34-32-30-28-26-24-22-20-18-16-14-12-10-8-6-4-2/h59-60H,3-58H2,1-2H3,(H,63,65)(H,64,66). The second kappa shape index (κ2) is 57.6. The highest BCUT2D eigenvalue weighted by Gasteiger charge is 2.13. The van der Waals surface area contributed by atoms with Gasteiger partial charge in [-0.25, -0.2) is 0 Å². The molecule has 2 atom stereocenters. The van der Waals surface area contributed by atoms with Crippen molar-refractivity contribution in [1.82, 2.24) is 0 Å². The van der Waals surface area contributed by atoms with E-state index in [-0.39, 0.29) is 10.2 Å². The Morgan fingerprint density at radius 1 is 0.227 bits per heavy atom. The summed E-state index contributed by atoms with van der Waals surface area (Å²) in [5.74, 6) is 1.06. The molecule has 0 rings (SSSR count). The molecule has 66 heavy (non-hydrogen) atoms. The van der Waals surface area contributed by atoms with Crippen molar-refractivity contribution in [2.24, 2.45) is 11.8 Å². The first kappa shape index (κ1) is 66.0. The molecule has 0 aliphatic heterocycles. The first-order chi connectivity index (χ1) is 32.5. The van der Waals surface area contributed by atoms with Crippen molar-refractivity contribution < 1.29 is 9.59 Å². The topological polar surface area (TPSA) is 34.1 Å². The summed E-state index contributed by atoms with van der Waals surface area (Å²) in [5, 5.41) is 0.155. The second-order valence-corrected chi connectivity index (χ2v) is 23.1. The van der Waals surface area contributed by atoms with Gasteiger partial charge in [-0.15, -0.1) is 25.3 Å². The Balaban J connectivity index is 3.66. The Morgan fingerprint density at radius 3 is 0.470 bits per heavy atom. The van der Waals surface area contributed by atoms with E-state index in [0.29, 0.717) is 24.7 Å². The van der Waals surface area contributed by atoms with Gasteiger partial charge in [-0.3, -0.25) is 9.59 Å². The van der Waals surface area contributed by atoms with E-state index in [2.05, 4.69) is 39.1 Å². The number of unbranched alkanes of at least 4 members (excludes halogenated alkanes) is 47. The van der Waals surface area contributed by atoms with Gasteiger partial charge in [-0.2, -0.15) is 0 Å². The van der Waals surface area contributed by atoms with Crippen LogP contribution in [-0.4, -0.2) is 10.2 Å². The lowest BCUT2D eigenvalue weighted by Crippen LogP contribution is -2.05. The predicted octanol–water partition coefficient (Wildman–Crippen LogP) is 23.0. The van der Waals surface area contributed by atoms with Crippen LogP contribution in [0.5, 0.6) is 0 Å². The van der Waals surface area contributed by atoms with Gasteiger partial charge in [-0.05, 0) is 37.5 Å². The van der Waals surface area contributed by atoms with Crippen molar-refractivity contribution in [2.45, 2.75) is 373 Å². The maximum Gasteiger partial charge on any atom is 0.186 e. The summed E-state index contributed by atoms with van der Waals surface area (Å²) in [6, 6.07) is 0. The van der Waals surface area contributed by atoms with Crippen LogP contribution in [0.4, 0.5) is 0 Å². The maximum absolute atomic E-state index is 11.9. The molecule has 0 aromatic heterocycles. The molecule has 0 saturated heterocycles. The second-order valence-electron chi connectivity index (χ2n) is 22.1. The van der Waals surface area contributed by atoms with Crippen LogP contribution in [0.2, 0.25) is 0 Å². The van der Waals surface area contributed by atoms with Gasteiger partial charge in [0.1, 0.15) is 0 Å². The average molecular weight is 964 g/mol. The zero-order chi connectivity index (χ0) is 47.9. The van der Waals surface area contributed by atoms with Crippen molar-refractivity contribution in [3.63, 3.8) is 0 Å². The normalized spacial score (nSPS) is 12.6. The third kappa shape index (κ3) is 56.6. The number of thiol groups is 2. The fraction of sp³-hybridized carbons (Fsp3) is 0.968. The largest absolute Gasteiger partial charge is 0.287 e. The number of carbonyl (C=O) groups is 2. The smallest absolute Gasteiger partial charge is 0.186 e. The van der Waals surface area contributed by atoms with Gasteiger partial charge < -0.3 is 0 Å². The van der Waals surface area contributed by atoms with E-state index in [4.69, 9.17) is 0 Å². The van der Waals surface area contributed by atoms with E-state index in [1.165, 1.54) is 347 Å². The number of carbonyl (C=O) groups excluding carboxylic acids is 2. The van der Waals surface area contributed by atoms with Crippen LogP contribution in [0.15, 0.2) is 0 Å². The molecule has 0 aliphatic rings. The molecule has 0 fully saturated rings. The van der Waals surface area contributed by atoms with Crippen LogP contribution in [0.3, 0.4) is 0 Å². The minimum absolute atomic E-state index is 0.0776. The summed E-state index contributed by atoms with van der Waals surface area (Å²) in [4.78, 5) is 23.8. The minimum atomic E-state index is 0.0776. The van der Waals surface area contributed by atoms with Crippen LogP contribution < -0.4 is 0 Å². The fourth-order valence-corrected chi connectivity index (χ4v) is 11.4. The highest BCUT2D eigenvalue weighted by Crippen LogP contribution is 2.26. The fourth-order valence-electron chi connectivity index (χ4n) is 10.8. The Hall–Kier alpha value is 0.0400. The molecule has 0 radical (unpaired) electrons. The predicted molar refractivity (Wildman–Crippen MR) is 305 cm³/mol. The molecule has 394 valence electrons. The molecule has 2 nitrogen and oxygen atoms in total. The SMILES string of the molecule is CCCCCCCCCCCCCCCCCCCCCCCCC(CCCCCCCCC(CCCCCCCCCCCCCCCCCCCCCCCC)CC(=O)S)CC(=O)S. The van der Waals surface area contributed by atoms with Gasteiger partial charge >= 0.3 is 0 Å². The zero-order valence-electron chi connectivity index (χ0n) is 45.5. The molecule has 0 amide bonds. The van der Waals surface area contributed by atoms with Crippen LogP contribution >= 0.6 is 25.3 Å². The lowest BCUT2D eigenvalue weighted by molar-refractivity contribution is -0.112. The molecule has 0 heterocycles. The summed E-state index contributed by atoms with van der Waals surface area (Å²) in [6.45, 7) is 4.61. The molecule has 0 aliphatic carbocycles. The Bertz CT molecular complexity index is 863. The van der Waals surface area contributed by atoms with Gasteiger partial charge in [-0.1, -0.05) is 335 Å². The summed E-state index contributed by atoms with van der Waals surface area (Å²) < 4.78 is 0. The third-order valence-corrected chi connectivity index (χ3v) is 15.7. The number of rotatable bonds is 59.